The van der Waals surface area contributed by atoms with E-state index in [1.54, 1.807) is 0 Å². The normalized spacial score (nSPS) is 23.1. The number of carbonyl (C=O) groups excluding carboxylic acids is 2. The van der Waals surface area contributed by atoms with Gasteiger partial charge in [-0.3, -0.25) is 0 Å². The Bertz CT molecular complexity index is 924. The van der Waals surface area contributed by atoms with Crippen LogP contribution >= 0.6 is 0 Å². The monoisotopic (exact) mass is 458 g/mol. The fraction of sp³-hybridized carbons (Fsp3) is 0.722. The largest absolute Gasteiger partial charge is 0.451 e. The van der Waals surface area contributed by atoms with Gasteiger partial charge >= 0.3 is 23.4 Å². The molecule has 2 aliphatic rings. The van der Waals surface area contributed by atoms with Crippen molar-refractivity contribution in [3.8, 4) is 0 Å². The molecule has 14 heteroatoms. The lowest BCUT2D eigenvalue weighted by Crippen LogP contribution is -2.75. The predicted octanol–water partition coefficient (Wildman–Crippen LogP) is -2.91. The number of quaternary nitrogens is 1. The van der Waals surface area contributed by atoms with Gasteiger partial charge in [-0.15, -0.1) is 4.59 Å². The molecule has 1 saturated carbocycles. The van der Waals surface area contributed by atoms with Gasteiger partial charge in [0.05, 0.1) is 46.1 Å². The molecule has 4 amide bonds. The predicted molar refractivity (Wildman–Crippen MR) is 108 cm³/mol. The molecule has 0 bridgehead atoms. The van der Waals surface area contributed by atoms with Gasteiger partial charge in [-0.1, -0.05) is 0 Å². The fourth-order valence-corrected chi connectivity index (χ4v) is 5.06. The number of amides is 4. The number of β-amino-alcohol motifs (C(OH)–C–C–N with tert-alkyl or cyclic N) is 1. The quantitative estimate of drug-likeness (QED) is 0.231. The van der Waals surface area contributed by atoms with Crippen LogP contribution in [-0.2, 0) is 18.8 Å². The Labute approximate surface area is 183 Å². The van der Waals surface area contributed by atoms with E-state index in [2.05, 4.69) is 5.32 Å². The van der Waals surface area contributed by atoms with Crippen molar-refractivity contribution in [3.05, 3.63) is 27.4 Å². The number of urea groups is 2. The number of aliphatic hydroxyl groups is 4. The van der Waals surface area contributed by atoms with Crippen molar-refractivity contribution in [2.45, 2.75) is 44.4 Å². The average molecular weight is 458 g/mol. The molecular formula is C18H30N6O8+. The number of nitrogens with one attached hydrogen (secondary N) is 1. The Hall–Kier alpha value is -2.52. The first-order valence-electron chi connectivity index (χ1n) is 10.6. The van der Waals surface area contributed by atoms with E-state index < -0.39 is 60.1 Å². The molecule has 179 valence electrons. The van der Waals surface area contributed by atoms with E-state index >= 15 is 0 Å². The summed E-state index contributed by atoms with van der Waals surface area (Å²) in [5.74, 6) is 0. The number of imide groups is 1. The molecule has 5 N–H and O–H groups in total. The number of hydrogen-bond donors (Lipinski definition) is 5. The minimum Gasteiger partial charge on any atom is -0.394 e. The number of hydrogen-bond acceptors (Lipinski definition) is 8. The molecule has 1 aromatic heterocycles. The Kier molecular flexibility index (Phi) is 7.19. The SMILES string of the molecule is O=C1NC(=O)[N+](CCO)(C2(n3c(=O)n(CCO)n(CCO)c3=O)CC[CH]CC2)N1CCO. The molecule has 1 unspecified atom stereocenters. The molecule has 1 aromatic rings. The van der Waals surface area contributed by atoms with Gasteiger partial charge in [-0.25, -0.2) is 33.9 Å². The van der Waals surface area contributed by atoms with Crippen molar-refractivity contribution < 1.29 is 34.6 Å². The molecule has 1 atom stereocenters. The highest BCUT2D eigenvalue weighted by atomic mass is 16.3. The fourth-order valence-electron chi connectivity index (χ4n) is 5.06. The molecule has 1 saturated heterocycles. The Morgan fingerprint density at radius 2 is 1.38 bits per heavy atom. The summed E-state index contributed by atoms with van der Waals surface area (Å²) < 4.78 is 2.05. The van der Waals surface area contributed by atoms with Gasteiger partial charge in [0, 0.05) is 12.8 Å². The third-order valence-corrected chi connectivity index (χ3v) is 6.27. The molecule has 1 radical (unpaired) electrons. The summed E-state index contributed by atoms with van der Waals surface area (Å²) >= 11 is 0. The lowest BCUT2D eigenvalue weighted by Gasteiger charge is -2.50. The van der Waals surface area contributed by atoms with Gasteiger partial charge in [0.1, 0.15) is 6.54 Å². The van der Waals surface area contributed by atoms with E-state index in [9.17, 15) is 39.6 Å². The van der Waals surface area contributed by atoms with Gasteiger partial charge in [-0.2, -0.15) is 9.58 Å². The standard InChI is InChI=1S/C18H29N6O8/c25-10-6-20-16(31)23(17(32)21(20)7-11-26)18(4-2-1-3-5-18)24(9-13-28)15(30)19-14(29)22(24)8-12-27/h1,25-28H,2-13H2/p+1. The van der Waals surface area contributed by atoms with Crippen LogP contribution in [0.4, 0.5) is 9.59 Å². The summed E-state index contributed by atoms with van der Waals surface area (Å²) in [4.78, 5) is 52.9. The van der Waals surface area contributed by atoms with Crippen LogP contribution in [-0.4, -0.2) is 95.5 Å². The maximum Gasteiger partial charge on any atom is 0.451 e. The van der Waals surface area contributed by atoms with Gasteiger partial charge in [0.25, 0.3) is 0 Å². The maximum atomic E-state index is 13.5. The van der Waals surface area contributed by atoms with Crippen LogP contribution in [0.25, 0.3) is 0 Å². The topological polar surface area (TPSA) is 179 Å². The summed E-state index contributed by atoms with van der Waals surface area (Å²) in [5, 5.41) is 41.6. The molecule has 3 rings (SSSR count). The van der Waals surface area contributed by atoms with Crippen LogP contribution in [0.1, 0.15) is 25.7 Å². The Morgan fingerprint density at radius 3 is 1.84 bits per heavy atom. The summed E-state index contributed by atoms with van der Waals surface area (Å²) in [6.07, 6.45) is 3.07. The molecule has 0 spiro atoms. The third-order valence-electron chi connectivity index (χ3n) is 6.27. The summed E-state index contributed by atoms with van der Waals surface area (Å²) in [7, 11) is 0. The second-order valence-electron chi connectivity index (χ2n) is 7.74. The number of aromatic nitrogens is 3. The third kappa shape index (κ3) is 3.38. The summed E-state index contributed by atoms with van der Waals surface area (Å²) in [5.41, 5.74) is -3.17. The van der Waals surface area contributed by atoms with Crippen LogP contribution in [0.5, 0.6) is 0 Å². The number of rotatable bonds is 10. The molecular weight excluding hydrogens is 428 g/mol. The molecule has 2 heterocycles. The van der Waals surface area contributed by atoms with E-state index in [1.807, 2.05) is 6.42 Å². The zero-order valence-corrected chi connectivity index (χ0v) is 17.7. The molecule has 1 aliphatic carbocycles. The van der Waals surface area contributed by atoms with Gasteiger partial charge in [0.15, 0.2) is 0 Å². The van der Waals surface area contributed by atoms with Crippen LogP contribution in [0.2, 0.25) is 0 Å². The minimum atomic E-state index is -1.57. The van der Waals surface area contributed by atoms with Crippen LogP contribution in [0.3, 0.4) is 0 Å². The van der Waals surface area contributed by atoms with E-state index in [-0.39, 0.29) is 39.0 Å². The van der Waals surface area contributed by atoms with Crippen molar-refractivity contribution >= 4 is 12.1 Å². The number of nitrogens with zero attached hydrogens (tertiary/aromatic N) is 5. The minimum absolute atomic E-state index is 0.132. The lowest BCUT2D eigenvalue weighted by atomic mass is 9.86. The van der Waals surface area contributed by atoms with E-state index in [1.165, 1.54) is 0 Å². The van der Waals surface area contributed by atoms with Crippen LogP contribution in [0, 0.1) is 6.42 Å². The highest BCUT2D eigenvalue weighted by Crippen LogP contribution is 2.45. The van der Waals surface area contributed by atoms with Gasteiger partial charge in [-0.05, 0) is 19.3 Å². The first-order chi connectivity index (χ1) is 15.4. The highest BCUT2D eigenvalue weighted by molar-refractivity contribution is 5.94. The van der Waals surface area contributed by atoms with Gasteiger partial charge < -0.3 is 20.4 Å². The van der Waals surface area contributed by atoms with Crippen molar-refractivity contribution in [2.75, 3.05) is 39.5 Å². The molecule has 0 aromatic carbocycles. The van der Waals surface area contributed by atoms with Crippen LogP contribution in [0.15, 0.2) is 9.59 Å². The van der Waals surface area contributed by atoms with E-state index in [0.29, 0.717) is 12.8 Å². The Morgan fingerprint density at radius 1 is 0.844 bits per heavy atom. The average Bonchev–Trinajstić information content (AvgIpc) is 3.15. The molecule has 1 aliphatic heterocycles. The molecule has 2 fully saturated rings. The number of aliphatic hydroxyl groups excluding tert-OH is 4. The zero-order valence-electron chi connectivity index (χ0n) is 17.7. The molecule has 14 nitrogen and oxygen atoms in total. The maximum absolute atomic E-state index is 13.5. The van der Waals surface area contributed by atoms with Gasteiger partial charge in [0.2, 0.25) is 5.66 Å². The highest BCUT2D eigenvalue weighted by Gasteiger charge is 2.68. The van der Waals surface area contributed by atoms with E-state index in [0.717, 1.165) is 18.9 Å². The zero-order chi connectivity index (χ0) is 23.5. The van der Waals surface area contributed by atoms with Crippen molar-refractivity contribution in [3.63, 3.8) is 0 Å². The lowest BCUT2D eigenvalue weighted by molar-refractivity contribution is -1.01. The second-order valence-corrected chi connectivity index (χ2v) is 7.74. The smallest absolute Gasteiger partial charge is 0.394 e. The first kappa shape index (κ1) is 24.1. The van der Waals surface area contributed by atoms with Crippen molar-refractivity contribution in [1.29, 1.82) is 0 Å². The number of carbonyl (C=O) groups is 2. The first-order valence-corrected chi connectivity index (χ1v) is 10.6. The van der Waals surface area contributed by atoms with E-state index in [4.69, 9.17) is 0 Å². The van der Waals surface area contributed by atoms with Crippen molar-refractivity contribution in [1.82, 2.24) is 24.3 Å². The second kappa shape index (κ2) is 9.54. The van der Waals surface area contributed by atoms with Crippen molar-refractivity contribution in [2.24, 2.45) is 0 Å². The summed E-state index contributed by atoms with van der Waals surface area (Å²) in [6, 6.07) is -1.61. The summed E-state index contributed by atoms with van der Waals surface area (Å²) in [6.45, 7) is -2.91. The molecule has 32 heavy (non-hydrogen) atoms. The Balaban J connectivity index is 2.38. The van der Waals surface area contributed by atoms with Crippen LogP contribution < -0.4 is 16.7 Å².